The highest BCUT2D eigenvalue weighted by Gasteiger charge is 2.23. The highest BCUT2D eigenvalue weighted by Crippen LogP contribution is 2.32. The Kier molecular flexibility index (Phi) is 3.97. The maximum Gasteiger partial charge on any atom is 0.263 e. The number of aromatic nitrogens is 1. The van der Waals surface area contributed by atoms with Crippen molar-refractivity contribution in [2.24, 2.45) is 5.92 Å². The van der Waals surface area contributed by atoms with Crippen molar-refractivity contribution in [3.8, 4) is 0 Å². The quantitative estimate of drug-likeness (QED) is 0.788. The summed E-state index contributed by atoms with van der Waals surface area (Å²) in [5.74, 6) is -0.0300. The number of hydrogen-bond acceptors (Lipinski definition) is 2. The van der Waals surface area contributed by atoms with Gasteiger partial charge in [0.15, 0.2) is 0 Å². The summed E-state index contributed by atoms with van der Waals surface area (Å²) >= 11 is 0. The van der Waals surface area contributed by atoms with Crippen molar-refractivity contribution in [1.82, 2.24) is 4.57 Å². The first-order valence-electron chi connectivity index (χ1n) is 7.19. The van der Waals surface area contributed by atoms with Gasteiger partial charge in [-0.3, -0.25) is 0 Å². The second-order valence-electron chi connectivity index (χ2n) is 5.72. The molecular formula is C15H17ClFNO2S. The van der Waals surface area contributed by atoms with Crippen molar-refractivity contribution in [2.45, 2.75) is 43.5 Å². The first kappa shape index (κ1) is 14.9. The van der Waals surface area contributed by atoms with E-state index < -0.39 is 14.9 Å². The van der Waals surface area contributed by atoms with Crippen molar-refractivity contribution in [1.29, 1.82) is 0 Å². The Morgan fingerprint density at radius 2 is 1.95 bits per heavy atom. The number of hydrogen-bond donors (Lipinski definition) is 0. The van der Waals surface area contributed by atoms with Gasteiger partial charge in [0.1, 0.15) is 10.7 Å². The molecule has 0 saturated heterocycles. The van der Waals surface area contributed by atoms with Gasteiger partial charge < -0.3 is 4.57 Å². The van der Waals surface area contributed by atoms with E-state index in [9.17, 15) is 12.8 Å². The minimum Gasteiger partial charge on any atom is -0.346 e. The molecule has 0 atom stereocenters. The third-order valence-electron chi connectivity index (χ3n) is 4.26. The van der Waals surface area contributed by atoms with Gasteiger partial charge in [-0.2, -0.15) is 0 Å². The van der Waals surface area contributed by atoms with E-state index in [1.165, 1.54) is 31.5 Å². The zero-order valence-electron chi connectivity index (χ0n) is 11.6. The number of nitrogens with zero attached hydrogens (tertiary/aromatic N) is 1. The Labute approximate surface area is 128 Å². The fourth-order valence-corrected chi connectivity index (χ4v) is 4.31. The van der Waals surface area contributed by atoms with Gasteiger partial charge in [-0.25, -0.2) is 12.8 Å². The summed E-state index contributed by atoms with van der Waals surface area (Å²) in [6.45, 7) is 0.715. The van der Waals surface area contributed by atoms with E-state index in [4.69, 9.17) is 10.7 Å². The van der Waals surface area contributed by atoms with Gasteiger partial charge in [-0.15, -0.1) is 0 Å². The minimum atomic E-state index is -3.96. The zero-order chi connectivity index (χ0) is 15.0. The van der Waals surface area contributed by atoms with Crippen LogP contribution in [-0.2, 0) is 15.6 Å². The molecule has 1 fully saturated rings. The molecule has 1 aliphatic rings. The average molecular weight is 330 g/mol. The summed E-state index contributed by atoms with van der Waals surface area (Å²) in [5, 5.41) is 0.100. The molecule has 0 N–H and O–H groups in total. The second kappa shape index (κ2) is 5.61. The Hall–Kier alpha value is -1.07. The van der Waals surface area contributed by atoms with Crippen molar-refractivity contribution >= 4 is 30.6 Å². The molecule has 0 aliphatic heterocycles. The summed E-state index contributed by atoms with van der Waals surface area (Å²) in [7, 11) is 1.50. The lowest BCUT2D eigenvalue weighted by Crippen LogP contribution is -2.13. The van der Waals surface area contributed by atoms with E-state index in [2.05, 4.69) is 0 Å². The number of benzene rings is 1. The maximum atomic E-state index is 14.0. The van der Waals surface area contributed by atoms with Crippen LogP contribution in [0.4, 0.5) is 4.39 Å². The summed E-state index contributed by atoms with van der Waals surface area (Å²) in [6.07, 6.45) is 7.43. The lowest BCUT2D eigenvalue weighted by atomic mass is 9.89. The minimum absolute atomic E-state index is 0.100. The molecule has 0 unspecified atom stereocenters. The van der Waals surface area contributed by atoms with E-state index in [0.29, 0.717) is 18.0 Å². The van der Waals surface area contributed by atoms with E-state index in [1.807, 2.05) is 4.57 Å². The molecule has 0 bridgehead atoms. The van der Waals surface area contributed by atoms with Gasteiger partial charge >= 0.3 is 0 Å². The molecule has 1 saturated carbocycles. The molecule has 3 nitrogen and oxygen atoms in total. The number of fused-ring (bicyclic) bond motifs is 1. The first-order valence-corrected chi connectivity index (χ1v) is 9.50. The molecular weight excluding hydrogens is 313 g/mol. The molecule has 2 aromatic rings. The topological polar surface area (TPSA) is 39.1 Å². The third-order valence-corrected chi connectivity index (χ3v) is 5.60. The lowest BCUT2D eigenvalue weighted by Gasteiger charge is -2.22. The van der Waals surface area contributed by atoms with Crippen LogP contribution in [0.25, 0.3) is 10.9 Å². The Balaban J connectivity index is 2.08. The SMILES string of the molecule is O=S(=O)(Cl)c1cn(CC2CCCCC2)c2cccc(F)c12. The normalized spacial score (nSPS) is 17.4. The standard InChI is InChI=1S/C15H17ClFNO2S/c16-21(19,20)14-10-18(9-11-5-2-1-3-6-11)13-8-4-7-12(17)15(13)14/h4,7-8,10-11H,1-3,5-6,9H2. The molecule has 0 amide bonds. The molecule has 0 radical (unpaired) electrons. The van der Waals surface area contributed by atoms with Crippen molar-refractivity contribution in [2.75, 3.05) is 0 Å². The van der Waals surface area contributed by atoms with E-state index in [0.717, 1.165) is 12.8 Å². The van der Waals surface area contributed by atoms with Crippen molar-refractivity contribution in [3.63, 3.8) is 0 Å². The van der Waals surface area contributed by atoms with Crippen LogP contribution in [0.1, 0.15) is 32.1 Å². The Bertz CT molecular complexity index is 763. The van der Waals surface area contributed by atoms with Crippen LogP contribution in [-0.4, -0.2) is 13.0 Å². The Morgan fingerprint density at radius 3 is 2.62 bits per heavy atom. The smallest absolute Gasteiger partial charge is 0.263 e. The predicted molar refractivity (Wildman–Crippen MR) is 81.5 cm³/mol. The Morgan fingerprint density at radius 1 is 1.24 bits per heavy atom. The van der Waals surface area contributed by atoms with Gasteiger partial charge in [0.2, 0.25) is 0 Å². The fraction of sp³-hybridized carbons (Fsp3) is 0.467. The molecule has 0 spiro atoms. The highest BCUT2D eigenvalue weighted by molar-refractivity contribution is 8.14. The van der Waals surface area contributed by atoms with Gasteiger partial charge in [0.05, 0.1) is 10.9 Å². The predicted octanol–water partition coefficient (Wildman–Crippen LogP) is 4.29. The van der Waals surface area contributed by atoms with Crippen LogP contribution >= 0.6 is 10.7 Å². The highest BCUT2D eigenvalue weighted by atomic mass is 35.7. The number of halogens is 2. The third kappa shape index (κ3) is 2.94. The summed E-state index contributed by atoms with van der Waals surface area (Å²) in [6, 6.07) is 4.60. The van der Waals surface area contributed by atoms with Crippen molar-refractivity contribution in [3.05, 3.63) is 30.2 Å². The molecule has 21 heavy (non-hydrogen) atoms. The molecule has 1 aromatic carbocycles. The van der Waals surface area contributed by atoms with Crippen molar-refractivity contribution < 1.29 is 12.8 Å². The summed E-state index contributed by atoms with van der Waals surface area (Å²) < 4.78 is 39.2. The van der Waals surface area contributed by atoms with Crippen LogP contribution in [0.2, 0.25) is 0 Å². The second-order valence-corrected chi connectivity index (χ2v) is 8.26. The van der Waals surface area contributed by atoms with Gasteiger partial charge in [0, 0.05) is 23.4 Å². The van der Waals surface area contributed by atoms with Crippen LogP contribution in [0.5, 0.6) is 0 Å². The zero-order valence-corrected chi connectivity index (χ0v) is 13.1. The maximum absolute atomic E-state index is 14.0. The van der Waals surface area contributed by atoms with Gasteiger partial charge in [-0.05, 0) is 30.9 Å². The number of rotatable bonds is 3. The summed E-state index contributed by atoms with van der Waals surface area (Å²) in [5.41, 5.74) is 0.597. The molecule has 3 rings (SSSR count). The van der Waals surface area contributed by atoms with E-state index >= 15 is 0 Å². The molecule has 1 heterocycles. The molecule has 1 aromatic heterocycles. The monoisotopic (exact) mass is 329 g/mol. The fourth-order valence-electron chi connectivity index (χ4n) is 3.26. The van der Waals surface area contributed by atoms with Crippen LogP contribution in [0.15, 0.2) is 29.3 Å². The molecule has 6 heteroatoms. The average Bonchev–Trinajstić information content (AvgIpc) is 2.80. The van der Waals surface area contributed by atoms with Crippen LogP contribution < -0.4 is 0 Å². The molecule has 114 valence electrons. The van der Waals surface area contributed by atoms with Crippen LogP contribution in [0, 0.1) is 11.7 Å². The van der Waals surface area contributed by atoms with E-state index in [1.54, 1.807) is 12.1 Å². The van der Waals surface area contributed by atoms with Crippen LogP contribution in [0.3, 0.4) is 0 Å². The summed E-state index contributed by atoms with van der Waals surface area (Å²) in [4.78, 5) is -0.131. The van der Waals surface area contributed by atoms with E-state index in [-0.39, 0.29) is 10.3 Å². The van der Waals surface area contributed by atoms with Gasteiger partial charge in [-0.1, -0.05) is 25.3 Å². The van der Waals surface area contributed by atoms with Gasteiger partial charge in [0.25, 0.3) is 9.05 Å². The largest absolute Gasteiger partial charge is 0.346 e. The molecule has 1 aliphatic carbocycles. The lowest BCUT2D eigenvalue weighted by molar-refractivity contribution is 0.322. The first-order chi connectivity index (χ1) is 9.97.